The van der Waals surface area contributed by atoms with Gasteiger partial charge in [0.05, 0.1) is 23.1 Å². The van der Waals surface area contributed by atoms with Gasteiger partial charge >= 0.3 is 0 Å². The minimum absolute atomic E-state index is 0.985. The topological polar surface area (TPSA) is 28.0 Å². The van der Waals surface area contributed by atoms with E-state index in [0.717, 1.165) is 15.4 Å². The minimum atomic E-state index is -0.985. The molecule has 13 heavy (non-hydrogen) atoms. The summed E-state index contributed by atoms with van der Waals surface area (Å²) in [6.07, 6.45) is 3.51. The Bertz CT molecular complexity index is 438. The van der Waals surface area contributed by atoms with Gasteiger partial charge in [-0.15, -0.1) is 0 Å². The van der Waals surface area contributed by atoms with Crippen LogP contribution in [0.15, 0.2) is 34.9 Å². The first-order chi connectivity index (χ1) is 6.20. The van der Waals surface area contributed by atoms with Crippen molar-refractivity contribution in [2.45, 2.75) is 0 Å². The third-order valence-corrected chi connectivity index (χ3v) is 3.48. The highest BCUT2D eigenvalue weighted by Gasteiger charge is 2.08. The van der Waals surface area contributed by atoms with Gasteiger partial charge in [0.1, 0.15) is 6.26 Å². The number of rotatable bonds is 1. The average molecular weight is 258 g/mol. The fourth-order valence-corrected chi connectivity index (χ4v) is 2.49. The van der Waals surface area contributed by atoms with Gasteiger partial charge in [-0.25, -0.2) is 0 Å². The third kappa shape index (κ3) is 1.49. The number of hydrogen-bond acceptors (Lipinski definition) is 1. The van der Waals surface area contributed by atoms with Crippen LogP contribution in [-0.2, 0) is 11.4 Å². The summed E-state index contributed by atoms with van der Waals surface area (Å²) in [5.74, 6) is 0. The van der Waals surface area contributed by atoms with E-state index in [1.165, 1.54) is 0 Å². The fraction of sp³-hybridized carbons (Fsp3) is 0.111. The second-order valence-corrected chi connectivity index (χ2v) is 4.83. The molecule has 0 fully saturated rings. The van der Waals surface area contributed by atoms with Crippen molar-refractivity contribution in [3.63, 3.8) is 0 Å². The highest BCUT2D eigenvalue weighted by molar-refractivity contribution is 9.10. The molecule has 68 valence electrons. The van der Waals surface area contributed by atoms with Gasteiger partial charge < -0.3 is 4.55 Å². The van der Waals surface area contributed by atoms with Gasteiger partial charge in [0.25, 0.3) is 0 Å². The molecular formula is C9H8BrNOS. The SMILES string of the molecule is C[S+]([O-])n1ccc2c(Br)cccc21. The van der Waals surface area contributed by atoms with Gasteiger partial charge in [-0.1, -0.05) is 22.0 Å². The Balaban J connectivity index is 2.75. The molecular weight excluding hydrogens is 250 g/mol. The van der Waals surface area contributed by atoms with Crippen molar-refractivity contribution in [3.05, 3.63) is 34.9 Å². The lowest BCUT2D eigenvalue weighted by Crippen LogP contribution is -2.07. The summed E-state index contributed by atoms with van der Waals surface area (Å²) >= 11 is 2.46. The molecule has 0 radical (unpaired) electrons. The Morgan fingerprint density at radius 2 is 2.15 bits per heavy atom. The molecule has 0 aliphatic heterocycles. The van der Waals surface area contributed by atoms with Gasteiger partial charge in [-0.05, 0) is 18.2 Å². The fourth-order valence-electron chi connectivity index (χ4n) is 1.33. The van der Waals surface area contributed by atoms with Crippen LogP contribution in [0, 0.1) is 0 Å². The molecule has 0 spiro atoms. The molecule has 1 unspecified atom stereocenters. The maximum Gasteiger partial charge on any atom is 0.121 e. The van der Waals surface area contributed by atoms with Crippen molar-refractivity contribution in [1.29, 1.82) is 0 Å². The molecule has 2 nitrogen and oxygen atoms in total. The lowest BCUT2D eigenvalue weighted by molar-refractivity contribution is 0.594. The lowest BCUT2D eigenvalue weighted by atomic mass is 10.3. The molecule has 0 N–H and O–H groups in total. The molecule has 0 saturated carbocycles. The van der Waals surface area contributed by atoms with E-state index in [2.05, 4.69) is 15.9 Å². The first-order valence-electron chi connectivity index (χ1n) is 3.79. The van der Waals surface area contributed by atoms with E-state index >= 15 is 0 Å². The molecule has 1 atom stereocenters. The van der Waals surface area contributed by atoms with Gasteiger partial charge in [0.15, 0.2) is 0 Å². The Hall–Kier alpha value is -0.450. The van der Waals surface area contributed by atoms with Crippen molar-refractivity contribution in [2.24, 2.45) is 0 Å². The average Bonchev–Trinajstić information content (AvgIpc) is 2.48. The summed E-state index contributed by atoms with van der Waals surface area (Å²) in [4.78, 5) is 0. The summed E-state index contributed by atoms with van der Waals surface area (Å²) in [6.45, 7) is 0. The van der Waals surface area contributed by atoms with Crippen molar-refractivity contribution >= 4 is 38.2 Å². The van der Waals surface area contributed by atoms with Crippen LogP contribution in [0.3, 0.4) is 0 Å². The number of nitrogens with zero attached hydrogens (tertiary/aromatic N) is 1. The molecule has 2 aromatic rings. The Kier molecular flexibility index (Phi) is 2.36. The molecule has 0 saturated heterocycles. The van der Waals surface area contributed by atoms with E-state index in [1.807, 2.05) is 30.5 Å². The standard InChI is InChI=1S/C9H8BrNOS/c1-13(12)11-6-5-7-8(10)3-2-4-9(7)11/h2-6H,1H3. The maximum atomic E-state index is 11.3. The molecule has 0 bridgehead atoms. The Labute approximate surface area is 88.0 Å². The zero-order valence-corrected chi connectivity index (χ0v) is 9.43. The van der Waals surface area contributed by atoms with Crippen LogP contribution in [0.5, 0.6) is 0 Å². The highest BCUT2D eigenvalue weighted by Crippen LogP contribution is 2.25. The lowest BCUT2D eigenvalue weighted by Gasteiger charge is -2.05. The second-order valence-electron chi connectivity index (χ2n) is 2.74. The quantitative estimate of drug-likeness (QED) is 0.722. The first kappa shape index (κ1) is 9.12. The van der Waals surface area contributed by atoms with Crippen LogP contribution in [0.1, 0.15) is 0 Å². The van der Waals surface area contributed by atoms with E-state index in [0.29, 0.717) is 0 Å². The van der Waals surface area contributed by atoms with Crippen LogP contribution >= 0.6 is 15.9 Å². The number of hydrogen-bond donors (Lipinski definition) is 0. The molecule has 0 amide bonds. The molecule has 1 heterocycles. The smallest absolute Gasteiger partial charge is 0.121 e. The van der Waals surface area contributed by atoms with Crippen LogP contribution in [0.25, 0.3) is 10.9 Å². The van der Waals surface area contributed by atoms with Crippen molar-refractivity contribution < 1.29 is 4.55 Å². The second kappa shape index (κ2) is 3.36. The van der Waals surface area contributed by atoms with Gasteiger partial charge in [-0.3, -0.25) is 0 Å². The van der Waals surface area contributed by atoms with Crippen molar-refractivity contribution in [2.75, 3.05) is 6.26 Å². The summed E-state index contributed by atoms with van der Waals surface area (Å²) in [6, 6.07) is 7.84. The van der Waals surface area contributed by atoms with E-state index in [-0.39, 0.29) is 0 Å². The predicted octanol–water partition coefficient (Wildman–Crippen LogP) is 2.55. The highest BCUT2D eigenvalue weighted by atomic mass is 79.9. The minimum Gasteiger partial charge on any atom is -0.593 e. The Morgan fingerprint density at radius 3 is 2.85 bits per heavy atom. The van der Waals surface area contributed by atoms with Crippen LogP contribution < -0.4 is 0 Å². The number of halogens is 1. The van der Waals surface area contributed by atoms with E-state index < -0.39 is 11.4 Å². The zero-order valence-electron chi connectivity index (χ0n) is 7.03. The molecule has 1 aromatic heterocycles. The first-order valence-corrected chi connectivity index (χ1v) is 6.10. The number of fused-ring (bicyclic) bond motifs is 1. The van der Waals surface area contributed by atoms with Crippen LogP contribution in [0.4, 0.5) is 0 Å². The monoisotopic (exact) mass is 257 g/mol. The van der Waals surface area contributed by atoms with Crippen molar-refractivity contribution in [1.82, 2.24) is 3.97 Å². The molecule has 2 rings (SSSR count). The van der Waals surface area contributed by atoms with Gasteiger partial charge in [0, 0.05) is 9.86 Å². The van der Waals surface area contributed by atoms with Crippen molar-refractivity contribution in [3.8, 4) is 0 Å². The summed E-state index contributed by atoms with van der Waals surface area (Å²) in [7, 11) is 0. The predicted molar refractivity (Wildman–Crippen MR) is 59.1 cm³/mol. The molecule has 0 aliphatic carbocycles. The zero-order chi connectivity index (χ0) is 9.42. The summed E-state index contributed by atoms with van der Waals surface area (Å²) in [5.41, 5.74) is 0.996. The Morgan fingerprint density at radius 1 is 1.38 bits per heavy atom. The van der Waals surface area contributed by atoms with E-state index in [9.17, 15) is 4.55 Å². The number of aromatic nitrogens is 1. The summed E-state index contributed by atoms with van der Waals surface area (Å²) < 4.78 is 14.1. The largest absolute Gasteiger partial charge is 0.593 e. The molecule has 1 aromatic carbocycles. The van der Waals surface area contributed by atoms with E-state index in [1.54, 1.807) is 10.2 Å². The normalized spacial score (nSPS) is 13.5. The van der Waals surface area contributed by atoms with Crippen LogP contribution in [-0.4, -0.2) is 14.8 Å². The number of benzene rings is 1. The molecule has 0 aliphatic rings. The van der Waals surface area contributed by atoms with Crippen LogP contribution in [0.2, 0.25) is 0 Å². The van der Waals surface area contributed by atoms with Gasteiger partial charge in [-0.2, -0.15) is 3.97 Å². The maximum absolute atomic E-state index is 11.3. The van der Waals surface area contributed by atoms with E-state index in [4.69, 9.17) is 0 Å². The summed E-state index contributed by atoms with van der Waals surface area (Å²) in [5, 5.41) is 1.10. The molecule has 4 heteroatoms. The van der Waals surface area contributed by atoms with Gasteiger partial charge in [0.2, 0.25) is 0 Å². The third-order valence-electron chi connectivity index (χ3n) is 1.92.